The molecule has 0 fully saturated rings. The van der Waals surface area contributed by atoms with Gasteiger partial charge in [-0.3, -0.25) is 9.59 Å². The molecule has 236 valence electrons. The molecule has 0 saturated heterocycles. The van der Waals surface area contributed by atoms with Crippen molar-refractivity contribution >= 4 is 18.0 Å². The van der Waals surface area contributed by atoms with Crippen molar-refractivity contribution in [3.8, 4) is 23.3 Å². The molecule has 4 aromatic heterocycles. The van der Waals surface area contributed by atoms with E-state index in [1.165, 1.54) is 6.20 Å². The predicted octanol–water partition coefficient (Wildman–Crippen LogP) is 0.960. The number of carbonyl (C=O) groups is 3. The van der Waals surface area contributed by atoms with Crippen molar-refractivity contribution in [2.45, 2.75) is 72.6 Å². The van der Waals surface area contributed by atoms with Crippen LogP contribution in [0.25, 0.3) is 23.3 Å². The largest absolute Gasteiger partial charge is 0.481 e. The summed E-state index contributed by atoms with van der Waals surface area (Å²) in [6, 6.07) is 3.33. The molecular formula is C26H32N14O5. The number of hydrogen-bond donors (Lipinski definition) is 3. The lowest BCUT2D eigenvalue weighted by Crippen LogP contribution is -2.32. The first kappa shape index (κ1) is 33.7. The van der Waals surface area contributed by atoms with Gasteiger partial charge in [-0.15, -0.1) is 40.8 Å². The molecule has 19 heteroatoms. The average Bonchev–Trinajstić information content (AvgIpc) is 2.99. The highest BCUT2D eigenvalue weighted by molar-refractivity contribution is 5.76. The predicted molar refractivity (Wildman–Crippen MR) is 153 cm³/mol. The third-order valence-electron chi connectivity index (χ3n) is 5.06. The number of carboxylic acids is 1. The van der Waals surface area contributed by atoms with Gasteiger partial charge in [-0.2, -0.15) is 0 Å². The van der Waals surface area contributed by atoms with Crippen LogP contribution < -0.4 is 10.6 Å². The van der Waals surface area contributed by atoms with Crippen LogP contribution in [0.1, 0.15) is 63.1 Å². The van der Waals surface area contributed by atoms with E-state index in [1.807, 2.05) is 0 Å². The normalized spacial score (nSPS) is 10.7. The number of carboxylic acid groups (broad SMARTS) is 1. The van der Waals surface area contributed by atoms with E-state index in [0.717, 1.165) is 0 Å². The summed E-state index contributed by atoms with van der Waals surface area (Å²) in [5.74, 6) is 0.742. The van der Waals surface area contributed by atoms with Crippen molar-refractivity contribution in [3.63, 3.8) is 0 Å². The number of ether oxygens (including phenoxy) is 1. The molecule has 0 spiro atoms. The highest BCUT2D eigenvalue weighted by atomic mass is 16.6. The van der Waals surface area contributed by atoms with E-state index in [9.17, 15) is 14.4 Å². The molecule has 0 aromatic carbocycles. The highest BCUT2D eigenvalue weighted by Gasteiger charge is 2.16. The maximum absolute atomic E-state index is 11.6. The molecule has 4 rings (SSSR count). The second kappa shape index (κ2) is 16.2. The van der Waals surface area contributed by atoms with Gasteiger partial charge in [0.15, 0.2) is 11.6 Å². The molecule has 0 aliphatic rings. The number of nitrogens with zero attached hydrogens (tertiary/aromatic N) is 12. The van der Waals surface area contributed by atoms with Crippen molar-refractivity contribution < 1.29 is 24.2 Å². The summed E-state index contributed by atoms with van der Waals surface area (Å²) in [4.78, 5) is 50.2. The Labute approximate surface area is 257 Å². The number of alkyl carbamates (subject to hydrolysis) is 1. The number of carbonyl (C=O) groups excluding carboxylic acids is 2. The van der Waals surface area contributed by atoms with Gasteiger partial charge in [-0.05, 0) is 53.2 Å². The minimum absolute atomic E-state index is 0.0319. The van der Waals surface area contributed by atoms with Gasteiger partial charge in [0.2, 0.25) is 29.2 Å². The van der Waals surface area contributed by atoms with E-state index in [1.54, 1.807) is 52.9 Å². The van der Waals surface area contributed by atoms with Crippen molar-refractivity contribution in [3.05, 3.63) is 47.6 Å². The molecule has 3 N–H and O–H groups in total. The van der Waals surface area contributed by atoms with Crippen LogP contribution in [0.3, 0.4) is 0 Å². The Morgan fingerprint density at radius 3 is 1.62 bits per heavy atom. The lowest BCUT2D eigenvalue weighted by atomic mass is 10.2. The summed E-state index contributed by atoms with van der Waals surface area (Å²) in [6.07, 6.45) is 2.98. The van der Waals surface area contributed by atoms with Crippen LogP contribution in [0.5, 0.6) is 0 Å². The van der Waals surface area contributed by atoms with Crippen molar-refractivity contribution in [1.82, 2.24) is 71.4 Å². The second-order valence-electron chi connectivity index (χ2n) is 10.2. The lowest BCUT2D eigenvalue weighted by molar-refractivity contribution is -0.137. The fraction of sp³-hybridized carbons (Fsp3) is 0.423. The van der Waals surface area contributed by atoms with E-state index < -0.39 is 17.7 Å². The van der Waals surface area contributed by atoms with E-state index in [0.29, 0.717) is 35.3 Å². The molecule has 4 heterocycles. The molecule has 45 heavy (non-hydrogen) atoms. The quantitative estimate of drug-likeness (QED) is 0.223. The minimum atomic E-state index is -0.918. The van der Waals surface area contributed by atoms with Gasteiger partial charge in [-0.1, -0.05) is 0 Å². The van der Waals surface area contributed by atoms with E-state index in [4.69, 9.17) is 9.84 Å². The van der Waals surface area contributed by atoms with Crippen molar-refractivity contribution in [2.24, 2.45) is 0 Å². The summed E-state index contributed by atoms with van der Waals surface area (Å²) in [5, 5.41) is 44.4. The van der Waals surface area contributed by atoms with Crippen LogP contribution in [0.4, 0.5) is 4.79 Å². The molecule has 0 unspecified atom stereocenters. The van der Waals surface area contributed by atoms with Crippen LogP contribution in [-0.2, 0) is 27.4 Å². The number of amides is 2. The minimum Gasteiger partial charge on any atom is -0.481 e. The summed E-state index contributed by atoms with van der Waals surface area (Å²) < 4.78 is 5.15. The maximum atomic E-state index is 11.6. The topological polar surface area (TPSA) is 259 Å². The first-order chi connectivity index (χ1) is 21.4. The monoisotopic (exact) mass is 620 g/mol. The molecule has 0 bridgehead atoms. The van der Waals surface area contributed by atoms with Gasteiger partial charge in [0, 0.05) is 25.2 Å². The van der Waals surface area contributed by atoms with E-state index in [-0.39, 0.29) is 49.3 Å². The van der Waals surface area contributed by atoms with Crippen LogP contribution in [-0.4, -0.2) is 89.4 Å². The first-order valence-electron chi connectivity index (χ1n) is 13.6. The Hall–Kier alpha value is -5.75. The van der Waals surface area contributed by atoms with Gasteiger partial charge in [-0.25, -0.2) is 24.7 Å². The molecule has 19 nitrogen and oxygen atoms in total. The Balaban J connectivity index is 0.000000246. The number of aromatic nitrogens is 12. The number of rotatable bonds is 10. The SMILES string of the molecule is Cc1nnc(-c2nccc(CNC(=O)CCCC(=O)O)n2)nn1.Cc1nnc(-c2nccc(CNC(=O)OC(C)(C)C)n2)nn1. The lowest BCUT2D eigenvalue weighted by Gasteiger charge is -2.19. The zero-order valence-electron chi connectivity index (χ0n) is 25.3. The van der Waals surface area contributed by atoms with Gasteiger partial charge in [0.1, 0.15) is 5.60 Å². The average molecular weight is 621 g/mol. The number of hydrogen-bond acceptors (Lipinski definition) is 16. The molecule has 0 saturated carbocycles. The van der Waals surface area contributed by atoms with Crippen LogP contribution in [0, 0.1) is 13.8 Å². The van der Waals surface area contributed by atoms with Gasteiger partial charge in [0.05, 0.1) is 24.5 Å². The third-order valence-corrected chi connectivity index (χ3v) is 5.06. The van der Waals surface area contributed by atoms with Gasteiger partial charge < -0.3 is 20.5 Å². The zero-order valence-corrected chi connectivity index (χ0v) is 25.3. The highest BCUT2D eigenvalue weighted by Crippen LogP contribution is 2.09. The summed E-state index contributed by atoms with van der Waals surface area (Å²) in [7, 11) is 0. The summed E-state index contributed by atoms with van der Waals surface area (Å²) >= 11 is 0. The standard InChI is InChI=1S/C13H15N7O3.C13H17N7O2/c1-8-17-19-13(20-18-8)12-14-6-5-9(16-12)7-15-10(21)3-2-4-11(22)23;1-8-17-19-11(20-18-8)10-14-6-5-9(16-10)7-15-12(21)22-13(2,3)4/h5-6H,2-4,7H2,1H3,(H,15,21)(H,22,23);5-6H,7H2,1-4H3,(H,15,21). The second-order valence-corrected chi connectivity index (χ2v) is 10.2. The maximum Gasteiger partial charge on any atom is 0.407 e. The molecular weight excluding hydrogens is 588 g/mol. The molecule has 0 aliphatic heterocycles. The molecule has 4 aromatic rings. The Morgan fingerprint density at radius 1 is 0.711 bits per heavy atom. The molecule has 2 amide bonds. The Kier molecular flexibility index (Phi) is 12.1. The summed E-state index contributed by atoms with van der Waals surface area (Å²) in [6.45, 7) is 9.15. The fourth-order valence-electron chi connectivity index (χ4n) is 3.10. The zero-order chi connectivity index (χ0) is 32.8. The molecule has 0 radical (unpaired) electrons. The number of nitrogens with one attached hydrogen (secondary N) is 2. The Bertz CT molecular complexity index is 1580. The summed E-state index contributed by atoms with van der Waals surface area (Å²) in [5.41, 5.74) is 0.624. The van der Waals surface area contributed by atoms with Gasteiger partial charge in [0.25, 0.3) is 0 Å². The smallest absolute Gasteiger partial charge is 0.407 e. The van der Waals surface area contributed by atoms with Crippen LogP contribution >= 0.6 is 0 Å². The van der Waals surface area contributed by atoms with Crippen molar-refractivity contribution in [2.75, 3.05) is 0 Å². The van der Waals surface area contributed by atoms with Gasteiger partial charge >= 0.3 is 12.1 Å². The number of aliphatic carboxylic acids is 1. The fourth-order valence-corrected chi connectivity index (χ4v) is 3.10. The van der Waals surface area contributed by atoms with E-state index in [2.05, 4.69) is 71.4 Å². The first-order valence-corrected chi connectivity index (χ1v) is 13.6. The molecule has 0 aliphatic carbocycles. The van der Waals surface area contributed by atoms with E-state index >= 15 is 0 Å². The van der Waals surface area contributed by atoms with Crippen LogP contribution in [0.2, 0.25) is 0 Å². The Morgan fingerprint density at radius 2 is 1.18 bits per heavy atom. The number of aryl methyl sites for hydroxylation is 2. The van der Waals surface area contributed by atoms with Crippen LogP contribution in [0.15, 0.2) is 24.5 Å². The van der Waals surface area contributed by atoms with Crippen molar-refractivity contribution in [1.29, 1.82) is 0 Å². The molecule has 0 atom stereocenters. The third kappa shape index (κ3) is 12.6.